The van der Waals surface area contributed by atoms with E-state index in [0.717, 1.165) is 0 Å². The van der Waals surface area contributed by atoms with Crippen LogP contribution in [0.2, 0.25) is 0 Å². The number of imidazole rings is 1. The molecule has 2 N–H and O–H groups in total. The molecule has 11 heteroatoms. The lowest BCUT2D eigenvalue weighted by atomic mass is 10.1. The van der Waals surface area contributed by atoms with Gasteiger partial charge in [0.15, 0.2) is 0 Å². The van der Waals surface area contributed by atoms with E-state index in [2.05, 4.69) is 15.3 Å². The number of halogens is 3. The Balaban J connectivity index is 1.80. The van der Waals surface area contributed by atoms with Crippen molar-refractivity contribution < 1.29 is 22.8 Å². The summed E-state index contributed by atoms with van der Waals surface area (Å²) in [4.78, 5) is 33.6. The van der Waals surface area contributed by atoms with Crippen LogP contribution < -0.4 is 10.6 Å². The first-order chi connectivity index (χ1) is 14.6. The van der Waals surface area contributed by atoms with Gasteiger partial charge >= 0.3 is 12.2 Å². The molecule has 8 nitrogen and oxygen atoms in total. The normalized spacial score (nSPS) is 11.6. The molecule has 0 spiro atoms. The molecular formula is C20H19F3N6O2. The first-order valence-corrected chi connectivity index (χ1v) is 9.06. The third-order valence-electron chi connectivity index (χ3n) is 4.03. The van der Waals surface area contributed by atoms with Gasteiger partial charge in [0.25, 0.3) is 5.91 Å². The molecule has 2 aromatic heterocycles. The van der Waals surface area contributed by atoms with Gasteiger partial charge in [0.05, 0.1) is 18.2 Å². The van der Waals surface area contributed by atoms with Crippen LogP contribution >= 0.6 is 0 Å². The first kappa shape index (κ1) is 21.8. The zero-order chi connectivity index (χ0) is 22.6. The molecule has 3 aromatic rings. The number of rotatable bonds is 5. The molecule has 3 amide bonds. The topological polar surface area (TPSA) is 91.1 Å². The van der Waals surface area contributed by atoms with Gasteiger partial charge in [-0.15, -0.1) is 0 Å². The number of aliphatic imine (C=N–C) groups is 1. The second kappa shape index (κ2) is 8.86. The minimum absolute atomic E-state index is 0.317. The fourth-order valence-corrected chi connectivity index (χ4v) is 2.68. The van der Waals surface area contributed by atoms with Crippen LogP contribution in [-0.4, -0.2) is 59.4 Å². The van der Waals surface area contributed by atoms with Gasteiger partial charge in [-0.3, -0.25) is 9.20 Å². The maximum atomic E-state index is 12.2. The van der Waals surface area contributed by atoms with Crippen molar-refractivity contribution in [3.63, 3.8) is 0 Å². The van der Waals surface area contributed by atoms with Crippen LogP contribution in [0.5, 0.6) is 0 Å². The molecule has 0 aliphatic heterocycles. The average molecular weight is 432 g/mol. The van der Waals surface area contributed by atoms with Gasteiger partial charge in [0.2, 0.25) is 0 Å². The third-order valence-corrected chi connectivity index (χ3v) is 4.03. The van der Waals surface area contributed by atoms with Gasteiger partial charge in [-0.05, 0) is 24.3 Å². The van der Waals surface area contributed by atoms with Gasteiger partial charge < -0.3 is 15.5 Å². The van der Waals surface area contributed by atoms with Crippen LogP contribution in [0.1, 0.15) is 10.4 Å². The smallest absolute Gasteiger partial charge is 0.369 e. The number of aromatic nitrogens is 2. The summed E-state index contributed by atoms with van der Waals surface area (Å²) in [7, 11) is 3.51. The number of amides is 3. The monoisotopic (exact) mass is 432 g/mol. The first-order valence-electron chi connectivity index (χ1n) is 9.06. The number of carbonyl (C=O) groups is 2. The number of hydrogen-bond donors (Lipinski definition) is 2. The number of pyridine rings is 1. The van der Waals surface area contributed by atoms with E-state index in [1.165, 1.54) is 6.34 Å². The number of nitrogens with one attached hydrogen (secondary N) is 2. The van der Waals surface area contributed by atoms with Crippen molar-refractivity contribution in [1.82, 2.24) is 19.6 Å². The largest absolute Gasteiger partial charge is 0.405 e. The standard InChI is InChI=1S/C20H19F3N6O2/c1-28(2)12-26-18(30)14-6-7-29-16(10-24-17(29)9-14)13-4-3-5-15(8-13)27-19(31)25-11-20(21,22)23/h3-10,12H,11H2,1-2H3,(H2,25,27,31)/b26-12+. The lowest BCUT2D eigenvalue weighted by Crippen LogP contribution is -2.36. The Labute approximate surface area is 175 Å². The highest BCUT2D eigenvalue weighted by Gasteiger charge is 2.27. The van der Waals surface area contributed by atoms with E-state index in [1.54, 1.807) is 77.5 Å². The predicted molar refractivity (Wildman–Crippen MR) is 110 cm³/mol. The van der Waals surface area contributed by atoms with E-state index >= 15 is 0 Å². The zero-order valence-electron chi connectivity index (χ0n) is 16.6. The van der Waals surface area contributed by atoms with Gasteiger partial charge in [-0.2, -0.15) is 18.2 Å². The number of fused-ring (bicyclic) bond motifs is 1. The van der Waals surface area contributed by atoms with Crippen LogP contribution in [0.4, 0.5) is 23.7 Å². The number of nitrogens with zero attached hydrogens (tertiary/aromatic N) is 4. The van der Waals surface area contributed by atoms with E-state index in [1.807, 2.05) is 0 Å². The van der Waals surface area contributed by atoms with Gasteiger partial charge in [-0.25, -0.2) is 9.78 Å². The Morgan fingerprint density at radius 1 is 1.23 bits per heavy atom. The summed E-state index contributed by atoms with van der Waals surface area (Å²) in [6, 6.07) is 8.83. The molecule has 3 rings (SSSR count). The van der Waals surface area contributed by atoms with E-state index < -0.39 is 24.7 Å². The van der Waals surface area contributed by atoms with Crippen molar-refractivity contribution in [2.24, 2.45) is 4.99 Å². The number of anilines is 1. The van der Waals surface area contributed by atoms with Crippen molar-refractivity contribution in [2.45, 2.75) is 6.18 Å². The van der Waals surface area contributed by atoms with E-state index in [9.17, 15) is 22.8 Å². The summed E-state index contributed by atoms with van der Waals surface area (Å²) in [6.45, 7) is -1.43. The van der Waals surface area contributed by atoms with Crippen molar-refractivity contribution in [3.05, 3.63) is 54.4 Å². The van der Waals surface area contributed by atoms with Crippen LogP contribution in [0, 0.1) is 0 Å². The molecule has 0 fully saturated rings. The molecule has 0 radical (unpaired) electrons. The van der Waals surface area contributed by atoms with Crippen molar-refractivity contribution in [3.8, 4) is 11.3 Å². The minimum atomic E-state index is -4.49. The molecule has 1 aromatic carbocycles. The quantitative estimate of drug-likeness (QED) is 0.478. The molecule has 0 unspecified atom stereocenters. The second-order valence-corrected chi connectivity index (χ2v) is 6.80. The van der Waals surface area contributed by atoms with Crippen LogP contribution in [0.3, 0.4) is 0 Å². The van der Waals surface area contributed by atoms with Crippen LogP contribution in [0.25, 0.3) is 16.9 Å². The summed E-state index contributed by atoms with van der Waals surface area (Å²) in [5, 5.41) is 4.12. The fraction of sp³-hybridized carbons (Fsp3) is 0.200. The summed E-state index contributed by atoms with van der Waals surface area (Å²) in [5.41, 5.74) is 2.55. The van der Waals surface area contributed by atoms with Crippen LogP contribution in [0.15, 0.2) is 53.8 Å². The van der Waals surface area contributed by atoms with Crippen LogP contribution in [-0.2, 0) is 0 Å². The van der Waals surface area contributed by atoms with Crippen molar-refractivity contribution >= 4 is 29.6 Å². The fourth-order valence-electron chi connectivity index (χ4n) is 2.68. The second-order valence-electron chi connectivity index (χ2n) is 6.80. The number of hydrogen-bond acceptors (Lipinski definition) is 3. The average Bonchev–Trinajstić information content (AvgIpc) is 3.13. The lowest BCUT2D eigenvalue weighted by Gasteiger charge is -2.10. The Bertz CT molecular complexity index is 1140. The number of carbonyl (C=O) groups excluding carboxylic acids is 2. The summed E-state index contributed by atoms with van der Waals surface area (Å²) >= 11 is 0. The highest BCUT2D eigenvalue weighted by Crippen LogP contribution is 2.24. The molecule has 31 heavy (non-hydrogen) atoms. The molecule has 0 saturated heterocycles. The van der Waals surface area contributed by atoms with E-state index in [4.69, 9.17) is 0 Å². The Morgan fingerprint density at radius 2 is 2.00 bits per heavy atom. The Kier molecular flexibility index (Phi) is 6.23. The highest BCUT2D eigenvalue weighted by molar-refractivity contribution is 5.99. The summed E-state index contributed by atoms with van der Waals surface area (Å²) in [5.74, 6) is -0.406. The maximum Gasteiger partial charge on any atom is 0.405 e. The molecule has 2 heterocycles. The number of urea groups is 1. The molecule has 0 saturated carbocycles. The van der Waals surface area contributed by atoms with Gasteiger partial charge in [0, 0.05) is 37.1 Å². The molecule has 0 aliphatic carbocycles. The number of benzene rings is 1. The van der Waals surface area contributed by atoms with Crippen molar-refractivity contribution in [2.75, 3.05) is 26.0 Å². The minimum Gasteiger partial charge on any atom is -0.369 e. The molecular weight excluding hydrogens is 413 g/mol. The molecule has 0 aliphatic rings. The summed E-state index contributed by atoms with van der Waals surface area (Å²) < 4.78 is 38.4. The van der Waals surface area contributed by atoms with E-state index in [0.29, 0.717) is 28.2 Å². The predicted octanol–water partition coefficient (Wildman–Crippen LogP) is 3.42. The lowest BCUT2D eigenvalue weighted by molar-refractivity contribution is -0.122. The molecule has 162 valence electrons. The highest BCUT2D eigenvalue weighted by atomic mass is 19.4. The molecule has 0 bridgehead atoms. The Morgan fingerprint density at radius 3 is 2.71 bits per heavy atom. The van der Waals surface area contributed by atoms with Gasteiger partial charge in [-0.1, -0.05) is 12.1 Å². The van der Waals surface area contributed by atoms with Gasteiger partial charge in [0.1, 0.15) is 12.2 Å². The van der Waals surface area contributed by atoms with Crippen molar-refractivity contribution in [1.29, 1.82) is 0 Å². The number of alkyl halides is 3. The molecule has 0 atom stereocenters. The summed E-state index contributed by atoms with van der Waals surface area (Å²) in [6.07, 6.45) is 0.183. The maximum absolute atomic E-state index is 12.2. The third kappa shape index (κ3) is 5.81. The van der Waals surface area contributed by atoms with E-state index in [-0.39, 0.29) is 0 Å². The Hall–Kier alpha value is -3.89. The zero-order valence-corrected chi connectivity index (χ0v) is 16.6. The SMILES string of the molecule is CN(C)/C=N/C(=O)c1ccn2c(-c3cccc(NC(=O)NCC(F)(F)F)c3)cnc2c1.